The molecule has 0 atom stereocenters. The number of carbonyl (C=O) groups is 2. The summed E-state index contributed by atoms with van der Waals surface area (Å²) in [5, 5.41) is 2.60. The summed E-state index contributed by atoms with van der Waals surface area (Å²) in [5.41, 5.74) is -0.154. The summed E-state index contributed by atoms with van der Waals surface area (Å²) in [6.07, 6.45) is -0.171. The van der Waals surface area contributed by atoms with Gasteiger partial charge in [0, 0.05) is 12.2 Å². The zero-order chi connectivity index (χ0) is 18.9. The van der Waals surface area contributed by atoms with Gasteiger partial charge in [-0.05, 0) is 39.3 Å². The highest BCUT2D eigenvalue weighted by Crippen LogP contribution is 2.19. The van der Waals surface area contributed by atoms with Crippen molar-refractivity contribution in [2.45, 2.75) is 39.3 Å². The fourth-order valence-electron chi connectivity index (χ4n) is 2.63. The van der Waals surface area contributed by atoms with Crippen LogP contribution in [-0.4, -0.2) is 33.9 Å². The number of aromatic nitrogens is 1. The zero-order valence-electron chi connectivity index (χ0n) is 14.9. The van der Waals surface area contributed by atoms with E-state index in [1.165, 1.54) is 4.90 Å². The molecule has 0 radical (unpaired) electrons. The second kappa shape index (κ2) is 6.70. The molecule has 1 aromatic heterocycles. The largest absolute Gasteiger partial charge is 0.444 e. The lowest BCUT2D eigenvalue weighted by Gasteiger charge is -2.28. The normalized spacial score (nSPS) is 13.9. The van der Waals surface area contributed by atoms with Gasteiger partial charge < -0.3 is 19.5 Å². The fourth-order valence-corrected chi connectivity index (χ4v) is 2.63. The molecule has 0 fully saturated rings. The average Bonchev–Trinajstić information content (AvgIpc) is 2.91. The van der Waals surface area contributed by atoms with Crippen molar-refractivity contribution in [2.75, 3.05) is 11.9 Å². The summed E-state index contributed by atoms with van der Waals surface area (Å²) in [7, 11) is 0. The number of nitrogens with zero attached hydrogens (tertiary/aromatic N) is 2. The molecule has 1 aliphatic heterocycles. The van der Waals surface area contributed by atoms with Crippen molar-refractivity contribution in [2.24, 2.45) is 0 Å². The van der Waals surface area contributed by atoms with Crippen molar-refractivity contribution < 1.29 is 18.8 Å². The van der Waals surface area contributed by atoms with Gasteiger partial charge in [-0.1, -0.05) is 22.9 Å². The molecule has 0 unspecified atom stereocenters. The SMILES string of the molecule is CC(C)(C)OC(=O)N1CCc2c(on(C(=O)Nc3ccccc3)c2=O)C1. The van der Waals surface area contributed by atoms with Crippen LogP contribution < -0.4 is 10.9 Å². The number of nitrogens with one attached hydrogen (secondary N) is 1. The highest BCUT2D eigenvalue weighted by atomic mass is 16.6. The van der Waals surface area contributed by atoms with Gasteiger partial charge >= 0.3 is 12.1 Å². The molecular formula is C18H21N3O5. The predicted octanol–water partition coefficient (Wildman–Crippen LogP) is 2.81. The van der Waals surface area contributed by atoms with E-state index < -0.39 is 23.3 Å². The van der Waals surface area contributed by atoms with Crippen LogP contribution in [0.1, 0.15) is 32.1 Å². The maximum Gasteiger partial charge on any atom is 0.410 e. The number of carbonyl (C=O) groups excluding carboxylic acids is 2. The number of hydrogen-bond acceptors (Lipinski definition) is 5. The lowest BCUT2D eigenvalue weighted by atomic mass is 10.1. The Morgan fingerprint density at radius 2 is 1.88 bits per heavy atom. The van der Waals surface area contributed by atoms with Gasteiger partial charge in [-0.3, -0.25) is 4.79 Å². The van der Waals surface area contributed by atoms with Crippen molar-refractivity contribution in [1.82, 2.24) is 9.64 Å². The van der Waals surface area contributed by atoms with Crippen molar-refractivity contribution in [1.29, 1.82) is 0 Å². The van der Waals surface area contributed by atoms with Gasteiger partial charge in [-0.25, -0.2) is 9.59 Å². The van der Waals surface area contributed by atoms with E-state index >= 15 is 0 Å². The Morgan fingerprint density at radius 3 is 2.54 bits per heavy atom. The highest BCUT2D eigenvalue weighted by Gasteiger charge is 2.31. The Morgan fingerprint density at radius 1 is 1.19 bits per heavy atom. The van der Waals surface area contributed by atoms with E-state index in [2.05, 4.69) is 5.32 Å². The van der Waals surface area contributed by atoms with E-state index in [1.807, 2.05) is 6.07 Å². The summed E-state index contributed by atoms with van der Waals surface area (Å²) < 4.78 is 11.5. The van der Waals surface area contributed by atoms with E-state index in [0.29, 0.717) is 34.7 Å². The van der Waals surface area contributed by atoms with E-state index in [-0.39, 0.29) is 6.54 Å². The smallest absolute Gasteiger partial charge is 0.410 e. The standard InChI is InChI=1S/C18H21N3O5/c1-18(2,3)25-17(24)20-10-9-13-14(11-20)26-21(15(13)22)16(23)19-12-7-5-4-6-8-12/h4-8H,9-11H2,1-3H3,(H,19,23). The molecule has 8 heteroatoms. The van der Waals surface area contributed by atoms with Gasteiger partial charge in [-0.15, -0.1) is 0 Å². The molecule has 1 aromatic carbocycles. The van der Waals surface area contributed by atoms with Crippen LogP contribution >= 0.6 is 0 Å². The third-order valence-electron chi connectivity index (χ3n) is 3.81. The quantitative estimate of drug-likeness (QED) is 0.845. The summed E-state index contributed by atoms with van der Waals surface area (Å²) >= 11 is 0. The van der Waals surface area contributed by atoms with Gasteiger partial charge in [0.1, 0.15) is 5.60 Å². The van der Waals surface area contributed by atoms with E-state index in [1.54, 1.807) is 45.0 Å². The number of amides is 2. The van der Waals surface area contributed by atoms with Gasteiger partial charge in [-0.2, -0.15) is 0 Å². The molecule has 3 rings (SSSR count). The summed E-state index contributed by atoms with van der Waals surface area (Å²) in [5.74, 6) is 0.301. The molecule has 26 heavy (non-hydrogen) atoms. The molecule has 138 valence electrons. The lowest BCUT2D eigenvalue weighted by molar-refractivity contribution is 0.0203. The maximum absolute atomic E-state index is 12.4. The second-order valence-electron chi connectivity index (χ2n) is 7.04. The van der Waals surface area contributed by atoms with Crippen LogP contribution in [0.25, 0.3) is 0 Å². The minimum absolute atomic E-state index is 0.0884. The van der Waals surface area contributed by atoms with Crippen LogP contribution in [0, 0.1) is 0 Å². The molecule has 2 heterocycles. The van der Waals surface area contributed by atoms with Gasteiger partial charge in [0.25, 0.3) is 5.56 Å². The summed E-state index contributed by atoms with van der Waals surface area (Å²) in [6.45, 7) is 5.77. The topological polar surface area (TPSA) is 93.8 Å². The number of para-hydroxylation sites is 1. The van der Waals surface area contributed by atoms with Crippen LogP contribution in [0.3, 0.4) is 0 Å². The molecule has 0 spiro atoms. The van der Waals surface area contributed by atoms with Crippen LogP contribution in [0.4, 0.5) is 15.3 Å². The Labute approximate surface area is 150 Å². The van der Waals surface area contributed by atoms with Crippen LogP contribution in [0.5, 0.6) is 0 Å². The molecule has 2 amide bonds. The molecule has 0 saturated carbocycles. The third kappa shape index (κ3) is 3.79. The molecule has 2 aromatic rings. The monoisotopic (exact) mass is 359 g/mol. The number of fused-ring (bicyclic) bond motifs is 1. The number of anilines is 1. The minimum Gasteiger partial charge on any atom is -0.444 e. The van der Waals surface area contributed by atoms with Gasteiger partial charge in [0.05, 0.1) is 12.1 Å². The molecule has 1 N–H and O–H groups in total. The van der Waals surface area contributed by atoms with Crippen LogP contribution in [0.2, 0.25) is 0 Å². The molecular weight excluding hydrogens is 338 g/mol. The average molecular weight is 359 g/mol. The van der Waals surface area contributed by atoms with Gasteiger partial charge in [0.15, 0.2) is 5.76 Å². The Bertz CT molecular complexity index is 876. The second-order valence-corrected chi connectivity index (χ2v) is 7.04. The molecule has 0 bridgehead atoms. The number of ether oxygens (including phenoxy) is 1. The summed E-state index contributed by atoms with van der Waals surface area (Å²) in [6, 6.07) is 8.08. The first-order valence-corrected chi connectivity index (χ1v) is 8.33. The van der Waals surface area contributed by atoms with Crippen molar-refractivity contribution in [3.63, 3.8) is 0 Å². The lowest BCUT2D eigenvalue weighted by Crippen LogP contribution is -2.40. The van der Waals surface area contributed by atoms with Crippen LogP contribution in [-0.2, 0) is 17.7 Å². The number of benzene rings is 1. The van der Waals surface area contributed by atoms with E-state index in [9.17, 15) is 14.4 Å². The van der Waals surface area contributed by atoms with Crippen LogP contribution in [0.15, 0.2) is 39.6 Å². The number of hydrogen-bond donors (Lipinski definition) is 1. The molecule has 0 saturated heterocycles. The van der Waals surface area contributed by atoms with E-state index in [0.717, 1.165) is 0 Å². The molecule has 8 nitrogen and oxygen atoms in total. The molecule has 1 aliphatic rings. The van der Waals surface area contributed by atoms with Crippen molar-refractivity contribution in [3.8, 4) is 0 Å². The molecule has 0 aliphatic carbocycles. The van der Waals surface area contributed by atoms with Crippen molar-refractivity contribution in [3.05, 3.63) is 52.0 Å². The first kappa shape index (κ1) is 17.8. The van der Waals surface area contributed by atoms with Gasteiger partial charge in [0.2, 0.25) is 0 Å². The van der Waals surface area contributed by atoms with E-state index in [4.69, 9.17) is 9.26 Å². The Kier molecular flexibility index (Phi) is 4.58. The Balaban J connectivity index is 1.77. The summed E-state index contributed by atoms with van der Waals surface area (Å²) in [4.78, 5) is 38.4. The predicted molar refractivity (Wildman–Crippen MR) is 94.2 cm³/mol. The van der Waals surface area contributed by atoms with Crippen molar-refractivity contribution >= 4 is 17.8 Å². The zero-order valence-corrected chi connectivity index (χ0v) is 14.9. The number of rotatable bonds is 1. The first-order chi connectivity index (χ1) is 12.2. The minimum atomic E-state index is -0.681. The fraction of sp³-hybridized carbons (Fsp3) is 0.389. The first-order valence-electron chi connectivity index (χ1n) is 8.33. The highest BCUT2D eigenvalue weighted by molar-refractivity contribution is 5.90. The Hall–Kier alpha value is -3.03. The third-order valence-corrected chi connectivity index (χ3v) is 3.81. The maximum atomic E-state index is 12.4.